The molecule has 0 aromatic heterocycles. The minimum atomic E-state index is -3.14. The standard InChI is InChI=1S/C10H12BrNO2S/c11-8-1-3-9(4-2-8)15(13,14)10-5-6-12-7-10/h1-4,10,12H,5-7H2/t10-/m0/s1. The lowest BCUT2D eigenvalue weighted by Crippen LogP contribution is -2.23. The van der Waals surface area contributed by atoms with Crippen LogP contribution in [0.15, 0.2) is 33.6 Å². The van der Waals surface area contributed by atoms with E-state index in [4.69, 9.17) is 0 Å². The lowest BCUT2D eigenvalue weighted by molar-refractivity contribution is 0.583. The fourth-order valence-corrected chi connectivity index (χ4v) is 3.64. The number of hydrogen-bond donors (Lipinski definition) is 1. The third-order valence-electron chi connectivity index (χ3n) is 2.60. The highest BCUT2D eigenvalue weighted by atomic mass is 79.9. The molecule has 0 aliphatic carbocycles. The van der Waals surface area contributed by atoms with Crippen molar-refractivity contribution in [3.05, 3.63) is 28.7 Å². The molecule has 1 heterocycles. The van der Waals surface area contributed by atoms with Gasteiger partial charge < -0.3 is 5.32 Å². The number of nitrogens with one attached hydrogen (secondary N) is 1. The quantitative estimate of drug-likeness (QED) is 0.899. The number of hydrogen-bond acceptors (Lipinski definition) is 3. The summed E-state index contributed by atoms with van der Waals surface area (Å²) in [6.07, 6.45) is 0.707. The van der Waals surface area contributed by atoms with E-state index >= 15 is 0 Å². The molecular weight excluding hydrogens is 278 g/mol. The maximum atomic E-state index is 12.1. The van der Waals surface area contributed by atoms with Gasteiger partial charge in [-0.1, -0.05) is 15.9 Å². The van der Waals surface area contributed by atoms with Gasteiger partial charge in [0.1, 0.15) is 0 Å². The normalized spacial score (nSPS) is 21.8. The first-order chi connectivity index (χ1) is 7.10. The third-order valence-corrected chi connectivity index (χ3v) is 5.33. The van der Waals surface area contributed by atoms with E-state index in [0.717, 1.165) is 11.0 Å². The van der Waals surface area contributed by atoms with E-state index in [1.165, 1.54) is 0 Å². The first-order valence-corrected chi connectivity index (χ1v) is 7.15. The molecule has 0 bridgehead atoms. The average Bonchev–Trinajstić information content (AvgIpc) is 2.71. The van der Waals surface area contributed by atoms with Gasteiger partial charge in [-0.3, -0.25) is 0 Å². The SMILES string of the molecule is O=S(=O)(c1ccc(Br)cc1)[C@H]1CCNC1. The minimum absolute atomic E-state index is 0.265. The number of rotatable bonds is 2. The highest BCUT2D eigenvalue weighted by molar-refractivity contribution is 9.10. The fraction of sp³-hybridized carbons (Fsp3) is 0.400. The second-order valence-corrected chi connectivity index (χ2v) is 6.76. The molecule has 0 saturated carbocycles. The Morgan fingerprint density at radius 3 is 2.47 bits per heavy atom. The third kappa shape index (κ3) is 2.24. The maximum Gasteiger partial charge on any atom is 0.182 e. The first kappa shape index (κ1) is 11.1. The summed E-state index contributed by atoms with van der Waals surface area (Å²) in [5.74, 6) is 0. The first-order valence-electron chi connectivity index (χ1n) is 4.81. The molecule has 0 spiro atoms. The topological polar surface area (TPSA) is 46.2 Å². The Hall–Kier alpha value is -0.390. The summed E-state index contributed by atoms with van der Waals surface area (Å²) in [6, 6.07) is 6.82. The van der Waals surface area contributed by atoms with Crippen LogP contribution < -0.4 is 5.32 Å². The zero-order chi connectivity index (χ0) is 10.9. The van der Waals surface area contributed by atoms with E-state index in [-0.39, 0.29) is 5.25 Å². The predicted octanol–water partition coefficient (Wildman–Crippen LogP) is 1.58. The van der Waals surface area contributed by atoms with Gasteiger partial charge in [0.2, 0.25) is 0 Å². The van der Waals surface area contributed by atoms with Gasteiger partial charge in [0.15, 0.2) is 9.84 Å². The molecule has 1 aliphatic heterocycles. The van der Waals surface area contributed by atoms with Gasteiger partial charge in [0, 0.05) is 11.0 Å². The highest BCUT2D eigenvalue weighted by Gasteiger charge is 2.29. The number of sulfone groups is 1. The second kappa shape index (κ2) is 4.23. The summed E-state index contributed by atoms with van der Waals surface area (Å²) in [6.45, 7) is 1.36. The van der Waals surface area contributed by atoms with E-state index in [1.54, 1.807) is 24.3 Å². The van der Waals surface area contributed by atoms with Crippen LogP contribution in [0, 0.1) is 0 Å². The Morgan fingerprint density at radius 2 is 1.93 bits per heavy atom. The Morgan fingerprint density at radius 1 is 1.27 bits per heavy atom. The zero-order valence-electron chi connectivity index (χ0n) is 8.11. The van der Waals surface area contributed by atoms with Gasteiger partial charge in [-0.2, -0.15) is 0 Å². The van der Waals surface area contributed by atoms with Crippen LogP contribution in [0.1, 0.15) is 6.42 Å². The monoisotopic (exact) mass is 289 g/mol. The van der Waals surface area contributed by atoms with Crippen molar-refractivity contribution in [3.63, 3.8) is 0 Å². The van der Waals surface area contributed by atoms with Crippen molar-refractivity contribution < 1.29 is 8.42 Å². The average molecular weight is 290 g/mol. The largest absolute Gasteiger partial charge is 0.315 e. The van der Waals surface area contributed by atoms with Gasteiger partial charge >= 0.3 is 0 Å². The van der Waals surface area contributed by atoms with Crippen LogP contribution >= 0.6 is 15.9 Å². The smallest absolute Gasteiger partial charge is 0.182 e. The van der Waals surface area contributed by atoms with Gasteiger partial charge in [-0.15, -0.1) is 0 Å². The Bertz CT molecular complexity index is 435. The van der Waals surface area contributed by atoms with E-state index in [0.29, 0.717) is 17.9 Å². The Balaban J connectivity index is 2.32. The molecule has 1 saturated heterocycles. The van der Waals surface area contributed by atoms with Crippen LogP contribution in [0.3, 0.4) is 0 Å². The summed E-state index contributed by atoms with van der Waals surface area (Å²) >= 11 is 3.29. The van der Waals surface area contributed by atoms with Crippen LogP contribution in [0.5, 0.6) is 0 Å². The van der Waals surface area contributed by atoms with E-state index < -0.39 is 9.84 Å². The number of benzene rings is 1. The van der Waals surface area contributed by atoms with Gasteiger partial charge in [0.25, 0.3) is 0 Å². The molecule has 0 radical (unpaired) electrons. The molecule has 1 fully saturated rings. The maximum absolute atomic E-state index is 12.1. The minimum Gasteiger partial charge on any atom is -0.315 e. The molecule has 1 aromatic carbocycles. The fourth-order valence-electron chi connectivity index (χ4n) is 1.71. The van der Waals surface area contributed by atoms with Gasteiger partial charge in [0.05, 0.1) is 10.1 Å². The van der Waals surface area contributed by atoms with Crippen molar-refractivity contribution in [1.82, 2.24) is 5.32 Å². The molecule has 2 rings (SSSR count). The van der Waals surface area contributed by atoms with Crippen molar-refractivity contribution in [2.45, 2.75) is 16.6 Å². The summed E-state index contributed by atoms with van der Waals surface area (Å²) in [5.41, 5.74) is 0. The predicted molar refractivity (Wildman–Crippen MR) is 62.6 cm³/mol. The van der Waals surface area contributed by atoms with Crippen molar-refractivity contribution in [2.75, 3.05) is 13.1 Å². The zero-order valence-corrected chi connectivity index (χ0v) is 10.5. The molecule has 1 N–H and O–H groups in total. The molecule has 3 nitrogen and oxygen atoms in total. The molecule has 1 atom stereocenters. The Labute approximate surface area is 97.9 Å². The van der Waals surface area contributed by atoms with E-state index in [2.05, 4.69) is 21.2 Å². The van der Waals surface area contributed by atoms with Crippen LogP contribution in [-0.4, -0.2) is 26.8 Å². The molecule has 5 heteroatoms. The molecule has 1 aliphatic rings. The second-order valence-electron chi connectivity index (χ2n) is 3.61. The van der Waals surface area contributed by atoms with Gasteiger partial charge in [-0.25, -0.2) is 8.42 Å². The molecule has 0 amide bonds. The molecule has 1 aromatic rings. The summed E-state index contributed by atoms with van der Waals surface area (Å²) < 4.78 is 25.1. The molecule has 82 valence electrons. The summed E-state index contributed by atoms with van der Waals surface area (Å²) in [5, 5.41) is 2.81. The molecule has 0 unspecified atom stereocenters. The lowest BCUT2D eigenvalue weighted by atomic mass is 10.4. The van der Waals surface area contributed by atoms with E-state index in [1.807, 2.05) is 0 Å². The van der Waals surface area contributed by atoms with Crippen LogP contribution in [-0.2, 0) is 9.84 Å². The van der Waals surface area contributed by atoms with Crippen molar-refractivity contribution in [3.8, 4) is 0 Å². The lowest BCUT2D eigenvalue weighted by Gasteiger charge is -2.10. The van der Waals surface area contributed by atoms with Crippen LogP contribution in [0.2, 0.25) is 0 Å². The summed E-state index contributed by atoms with van der Waals surface area (Å²) in [7, 11) is -3.14. The van der Waals surface area contributed by atoms with Crippen LogP contribution in [0.4, 0.5) is 0 Å². The van der Waals surface area contributed by atoms with E-state index in [9.17, 15) is 8.42 Å². The molecular formula is C10H12BrNO2S. The van der Waals surface area contributed by atoms with Crippen molar-refractivity contribution in [1.29, 1.82) is 0 Å². The Kier molecular flexibility index (Phi) is 3.13. The van der Waals surface area contributed by atoms with Crippen molar-refractivity contribution in [2.24, 2.45) is 0 Å². The molecule has 15 heavy (non-hydrogen) atoms. The van der Waals surface area contributed by atoms with Crippen LogP contribution in [0.25, 0.3) is 0 Å². The summed E-state index contributed by atoms with van der Waals surface area (Å²) in [4.78, 5) is 0.416. The highest BCUT2D eigenvalue weighted by Crippen LogP contribution is 2.21. The number of halogens is 1. The van der Waals surface area contributed by atoms with Crippen molar-refractivity contribution >= 4 is 25.8 Å². The van der Waals surface area contributed by atoms with Gasteiger partial charge in [-0.05, 0) is 37.2 Å².